The minimum atomic E-state index is -1.50. The summed E-state index contributed by atoms with van der Waals surface area (Å²) >= 11 is 4.41. The lowest BCUT2D eigenvalue weighted by atomic mass is 10.3. The van der Waals surface area contributed by atoms with Crippen LogP contribution < -0.4 is 5.32 Å². The zero-order chi connectivity index (χ0) is 11.4. The number of benzene rings is 1. The molecule has 84 valence electrons. The predicted molar refractivity (Wildman–Crippen MR) is 63.6 cm³/mol. The number of halogens is 1. The van der Waals surface area contributed by atoms with Gasteiger partial charge < -0.3 is 5.32 Å². The first-order chi connectivity index (χ1) is 7.04. The smallest absolute Gasteiger partial charge is 0.190 e. The van der Waals surface area contributed by atoms with Crippen molar-refractivity contribution in [2.45, 2.75) is 24.8 Å². The lowest BCUT2D eigenvalue weighted by molar-refractivity contribution is 0.446. The van der Waals surface area contributed by atoms with Crippen LogP contribution in [0.2, 0.25) is 5.02 Å². The van der Waals surface area contributed by atoms with Crippen molar-refractivity contribution in [1.82, 2.24) is 0 Å². The van der Waals surface area contributed by atoms with Crippen molar-refractivity contribution in [2.24, 2.45) is 0 Å². The molecule has 0 bridgehead atoms. The number of anilines is 1. The van der Waals surface area contributed by atoms with E-state index in [0.717, 1.165) is 5.69 Å². The third kappa shape index (κ3) is 3.48. The highest BCUT2D eigenvalue weighted by atomic mass is 35.5. The van der Waals surface area contributed by atoms with E-state index < -0.39 is 11.1 Å². The summed E-state index contributed by atoms with van der Waals surface area (Å²) in [4.78, 5) is 0.491. The third-order valence-corrected chi connectivity index (χ3v) is 3.16. The Balaban J connectivity index is 3.00. The van der Waals surface area contributed by atoms with Crippen LogP contribution in [0.1, 0.15) is 13.8 Å². The highest BCUT2D eigenvalue weighted by Gasteiger charge is 2.09. The number of rotatable bonds is 4. The van der Waals surface area contributed by atoms with E-state index in [1.165, 1.54) is 7.11 Å². The van der Waals surface area contributed by atoms with Gasteiger partial charge in [0.05, 0.1) is 17.0 Å². The fourth-order valence-corrected chi connectivity index (χ4v) is 2.08. The van der Waals surface area contributed by atoms with Crippen molar-refractivity contribution in [1.29, 1.82) is 0 Å². The van der Waals surface area contributed by atoms with Crippen LogP contribution in [0.5, 0.6) is 0 Å². The predicted octanol–water partition coefficient (Wildman–Crippen LogP) is 2.83. The zero-order valence-electron chi connectivity index (χ0n) is 8.91. The molecule has 0 amide bonds. The fraction of sp³-hybridized carbons (Fsp3) is 0.400. The molecule has 1 aromatic carbocycles. The van der Waals surface area contributed by atoms with Crippen LogP contribution in [0.25, 0.3) is 0 Å². The van der Waals surface area contributed by atoms with Crippen molar-refractivity contribution >= 4 is 28.4 Å². The summed E-state index contributed by atoms with van der Waals surface area (Å²) in [6.07, 6.45) is 0. The Labute approximate surface area is 97.4 Å². The van der Waals surface area contributed by atoms with E-state index in [-0.39, 0.29) is 0 Å². The van der Waals surface area contributed by atoms with Crippen molar-refractivity contribution in [3.05, 3.63) is 23.2 Å². The summed E-state index contributed by atoms with van der Waals surface area (Å²) in [5, 5.41) is 3.65. The zero-order valence-corrected chi connectivity index (χ0v) is 10.5. The van der Waals surface area contributed by atoms with Gasteiger partial charge in [0, 0.05) is 11.7 Å². The Morgan fingerprint density at radius 2 is 2.13 bits per heavy atom. The fourth-order valence-electron chi connectivity index (χ4n) is 1.14. The quantitative estimate of drug-likeness (QED) is 0.889. The Morgan fingerprint density at radius 1 is 1.47 bits per heavy atom. The van der Waals surface area contributed by atoms with Crippen molar-refractivity contribution < 1.29 is 8.39 Å². The highest BCUT2D eigenvalue weighted by molar-refractivity contribution is 7.80. The Kier molecular flexibility index (Phi) is 4.57. The standard InChI is InChI=1S/C10H14ClNO2S/c1-7(2)12-8-4-5-9(11)10(6-8)15(13)14-3/h4-7,12H,1-3H3. The average molecular weight is 248 g/mol. The molecule has 5 heteroatoms. The second-order valence-electron chi connectivity index (χ2n) is 3.35. The second kappa shape index (κ2) is 5.49. The summed E-state index contributed by atoms with van der Waals surface area (Å²) in [5.74, 6) is 0. The maximum atomic E-state index is 11.4. The van der Waals surface area contributed by atoms with E-state index in [0.29, 0.717) is 16.0 Å². The van der Waals surface area contributed by atoms with Crippen LogP contribution in [-0.4, -0.2) is 17.4 Å². The minimum Gasteiger partial charge on any atom is -0.383 e. The normalized spacial score (nSPS) is 12.9. The van der Waals surface area contributed by atoms with Gasteiger partial charge in [-0.1, -0.05) is 11.6 Å². The molecular weight excluding hydrogens is 234 g/mol. The average Bonchev–Trinajstić information content (AvgIpc) is 2.19. The van der Waals surface area contributed by atoms with E-state index in [1.807, 2.05) is 19.9 Å². The number of nitrogens with one attached hydrogen (secondary N) is 1. The molecule has 0 spiro atoms. The highest BCUT2D eigenvalue weighted by Crippen LogP contribution is 2.24. The van der Waals surface area contributed by atoms with Crippen LogP contribution >= 0.6 is 11.6 Å². The lowest BCUT2D eigenvalue weighted by Gasteiger charge is -2.11. The first-order valence-corrected chi connectivity index (χ1v) is 6.02. The first-order valence-electron chi connectivity index (χ1n) is 4.57. The van der Waals surface area contributed by atoms with Crippen LogP contribution in [0.15, 0.2) is 23.1 Å². The van der Waals surface area contributed by atoms with E-state index in [9.17, 15) is 4.21 Å². The van der Waals surface area contributed by atoms with Crippen LogP contribution in [0.3, 0.4) is 0 Å². The minimum absolute atomic E-state index is 0.315. The van der Waals surface area contributed by atoms with Gasteiger partial charge in [-0.25, -0.2) is 4.21 Å². The van der Waals surface area contributed by atoms with Gasteiger partial charge in [-0.15, -0.1) is 0 Å². The molecule has 0 fully saturated rings. The van der Waals surface area contributed by atoms with E-state index in [2.05, 4.69) is 5.32 Å². The molecule has 1 rings (SSSR count). The van der Waals surface area contributed by atoms with Gasteiger partial charge in [0.1, 0.15) is 0 Å². The Morgan fingerprint density at radius 3 is 2.67 bits per heavy atom. The largest absolute Gasteiger partial charge is 0.383 e. The van der Waals surface area contributed by atoms with Gasteiger partial charge in [-0.3, -0.25) is 4.18 Å². The molecule has 0 saturated carbocycles. The van der Waals surface area contributed by atoms with Crippen LogP contribution in [-0.2, 0) is 15.3 Å². The van der Waals surface area contributed by atoms with Crippen LogP contribution in [0, 0.1) is 0 Å². The molecule has 1 atom stereocenters. The topological polar surface area (TPSA) is 38.3 Å². The molecule has 15 heavy (non-hydrogen) atoms. The number of hydrogen-bond acceptors (Lipinski definition) is 3. The van der Waals surface area contributed by atoms with E-state index >= 15 is 0 Å². The first kappa shape index (κ1) is 12.5. The molecule has 1 N–H and O–H groups in total. The van der Waals surface area contributed by atoms with E-state index in [4.69, 9.17) is 15.8 Å². The number of hydrogen-bond donors (Lipinski definition) is 1. The Hall–Kier alpha value is -0.580. The van der Waals surface area contributed by atoms with Crippen molar-refractivity contribution in [3.63, 3.8) is 0 Å². The molecule has 0 radical (unpaired) electrons. The molecule has 0 saturated heterocycles. The molecule has 0 aliphatic carbocycles. The Bertz CT molecular complexity index is 368. The summed E-state index contributed by atoms with van der Waals surface area (Å²) in [6, 6.07) is 5.61. The van der Waals surface area contributed by atoms with Gasteiger partial charge in [0.15, 0.2) is 11.1 Å². The molecule has 0 aliphatic rings. The third-order valence-electron chi connectivity index (χ3n) is 1.72. The maximum absolute atomic E-state index is 11.4. The molecule has 0 heterocycles. The van der Waals surface area contributed by atoms with Crippen LogP contribution in [0.4, 0.5) is 5.69 Å². The molecule has 0 aliphatic heterocycles. The summed E-state index contributed by atoms with van der Waals surface area (Å²) in [5.41, 5.74) is 0.884. The summed E-state index contributed by atoms with van der Waals surface area (Å²) < 4.78 is 16.2. The van der Waals surface area contributed by atoms with Gasteiger partial charge in [0.2, 0.25) is 0 Å². The van der Waals surface area contributed by atoms with Crippen molar-refractivity contribution in [3.8, 4) is 0 Å². The molecule has 0 aromatic heterocycles. The van der Waals surface area contributed by atoms with Gasteiger partial charge >= 0.3 is 0 Å². The SMILES string of the molecule is COS(=O)c1cc(NC(C)C)ccc1Cl. The lowest BCUT2D eigenvalue weighted by Crippen LogP contribution is -2.10. The molecular formula is C10H14ClNO2S. The van der Waals surface area contributed by atoms with Gasteiger partial charge in [-0.2, -0.15) is 0 Å². The maximum Gasteiger partial charge on any atom is 0.190 e. The summed E-state index contributed by atoms with van der Waals surface area (Å²) in [6.45, 7) is 4.06. The summed E-state index contributed by atoms with van der Waals surface area (Å²) in [7, 11) is 1.38. The molecule has 1 aromatic rings. The molecule has 1 unspecified atom stereocenters. The van der Waals surface area contributed by atoms with Gasteiger partial charge in [0.25, 0.3) is 0 Å². The van der Waals surface area contributed by atoms with Gasteiger partial charge in [-0.05, 0) is 32.0 Å². The monoisotopic (exact) mass is 247 g/mol. The molecule has 3 nitrogen and oxygen atoms in total. The van der Waals surface area contributed by atoms with Crippen molar-refractivity contribution in [2.75, 3.05) is 12.4 Å². The van der Waals surface area contributed by atoms with E-state index in [1.54, 1.807) is 12.1 Å². The second-order valence-corrected chi connectivity index (χ2v) is 5.00.